The van der Waals surface area contributed by atoms with Gasteiger partial charge in [-0.25, -0.2) is 0 Å². The molecule has 2 N–H and O–H groups in total. The summed E-state index contributed by atoms with van der Waals surface area (Å²) in [6.07, 6.45) is 0. The average molecular weight is 326 g/mol. The Morgan fingerprint density at radius 1 is 1.05 bits per heavy atom. The molecule has 0 saturated heterocycles. The molecule has 0 aliphatic carbocycles. The third-order valence-electron chi connectivity index (χ3n) is 2.99. The van der Waals surface area contributed by atoms with Crippen molar-refractivity contribution in [2.24, 2.45) is 0 Å². The van der Waals surface area contributed by atoms with E-state index in [-0.39, 0.29) is 22.6 Å². The van der Waals surface area contributed by atoms with Crippen LogP contribution in [0, 0.1) is 0 Å². The molecule has 0 unspecified atom stereocenters. The molecule has 0 heterocycles. The first-order valence-corrected chi connectivity index (χ1v) is 6.74. The molecule has 0 spiro atoms. The molecule has 0 aromatic heterocycles. The van der Waals surface area contributed by atoms with Crippen LogP contribution in [0.3, 0.4) is 0 Å². The number of carbonyl (C=O) groups excluding carboxylic acids is 1. The Labute approximate surface area is 132 Å². The van der Waals surface area contributed by atoms with Gasteiger partial charge < -0.3 is 15.2 Å². The fraction of sp³-hybridized carbons (Fsp3) is 0.133. The van der Waals surface area contributed by atoms with Crippen LogP contribution < -0.4 is 15.2 Å². The second kappa shape index (κ2) is 6.24. The summed E-state index contributed by atoms with van der Waals surface area (Å²) in [4.78, 5) is 12.6. The molecule has 2 rings (SSSR count). The third-order valence-corrected chi connectivity index (χ3v) is 3.55. The van der Waals surface area contributed by atoms with E-state index in [1.54, 1.807) is 18.2 Å². The van der Waals surface area contributed by atoms with Crippen LogP contribution in [0.5, 0.6) is 11.5 Å². The molecular formula is C15H13Cl2NO3. The van der Waals surface area contributed by atoms with Crippen molar-refractivity contribution in [1.82, 2.24) is 0 Å². The summed E-state index contributed by atoms with van der Waals surface area (Å²) in [5.74, 6) is 0.468. The first-order valence-electron chi connectivity index (χ1n) is 5.99. The Morgan fingerprint density at radius 2 is 1.76 bits per heavy atom. The SMILES string of the molecule is COc1cc(OC)c(N)c(C(=O)c2cc(Cl)ccc2Cl)c1. The summed E-state index contributed by atoms with van der Waals surface area (Å²) in [5, 5.41) is 0.710. The van der Waals surface area contributed by atoms with E-state index in [0.29, 0.717) is 21.5 Å². The van der Waals surface area contributed by atoms with Crippen molar-refractivity contribution in [2.45, 2.75) is 0 Å². The number of nitrogens with two attached hydrogens (primary N) is 1. The third kappa shape index (κ3) is 3.06. The van der Waals surface area contributed by atoms with E-state index >= 15 is 0 Å². The van der Waals surface area contributed by atoms with Gasteiger partial charge in [0.25, 0.3) is 0 Å². The maximum Gasteiger partial charge on any atom is 0.196 e. The maximum atomic E-state index is 12.6. The van der Waals surface area contributed by atoms with Gasteiger partial charge in [-0.05, 0) is 24.3 Å². The Bertz CT molecular complexity index is 702. The molecule has 0 radical (unpaired) electrons. The number of carbonyl (C=O) groups is 1. The number of anilines is 1. The fourth-order valence-corrected chi connectivity index (χ4v) is 2.27. The quantitative estimate of drug-likeness (QED) is 0.685. The molecule has 0 fully saturated rings. The maximum absolute atomic E-state index is 12.6. The van der Waals surface area contributed by atoms with E-state index in [2.05, 4.69) is 0 Å². The molecule has 0 aliphatic heterocycles. The van der Waals surface area contributed by atoms with E-state index in [1.807, 2.05) is 0 Å². The first kappa shape index (κ1) is 15.5. The van der Waals surface area contributed by atoms with Crippen LogP contribution in [0.25, 0.3) is 0 Å². The molecule has 21 heavy (non-hydrogen) atoms. The minimum absolute atomic E-state index is 0.222. The number of ketones is 1. The normalized spacial score (nSPS) is 10.3. The fourth-order valence-electron chi connectivity index (χ4n) is 1.89. The highest BCUT2D eigenvalue weighted by molar-refractivity contribution is 6.37. The molecule has 0 saturated carbocycles. The van der Waals surface area contributed by atoms with Crippen LogP contribution in [0.1, 0.15) is 15.9 Å². The highest BCUT2D eigenvalue weighted by Gasteiger charge is 2.20. The summed E-state index contributed by atoms with van der Waals surface area (Å²) in [5.41, 5.74) is 6.70. The lowest BCUT2D eigenvalue weighted by atomic mass is 10.0. The molecule has 2 aromatic rings. The van der Waals surface area contributed by atoms with Crippen LogP contribution in [0.15, 0.2) is 30.3 Å². The van der Waals surface area contributed by atoms with Gasteiger partial charge in [0.15, 0.2) is 5.78 Å². The molecular weight excluding hydrogens is 313 g/mol. The second-order valence-corrected chi connectivity index (χ2v) is 5.09. The van der Waals surface area contributed by atoms with Gasteiger partial charge in [0.05, 0.1) is 30.5 Å². The van der Waals surface area contributed by atoms with E-state index in [4.69, 9.17) is 38.4 Å². The lowest BCUT2D eigenvalue weighted by Crippen LogP contribution is -2.08. The van der Waals surface area contributed by atoms with Gasteiger partial charge in [-0.3, -0.25) is 4.79 Å². The van der Waals surface area contributed by atoms with Crippen LogP contribution in [-0.4, -0.2) is 20.0 Å². The van der Waals surface area contributed by atoms with Gasteiger partial charge >= 0.3 is 0 Å². The number of hydrogen-bond donors (Lipinski definition) is 1. The standard InChI is InChI=1S/C15H13Cl2NO3/c1-20-9-6-11(14(18)13(7-9)21-2)15(19)10-5-8(16)3-4-12(10)17/h3-7H,18H2,1-2H3. The highest BCUT2D eigenvalue weighted by atomic mass is 35.5. The van der Waals surface area contributed by atoms with Crippen molar-refractivity contribution in [2.75, 3.05) is 20.0 Å². The topological polar surface area (TPSA) is 61.6 Å². The molecule has 2 aromatic carbocycles. The van der Waals surface area contributed by atoms with Gasteiger partial charge in [0, 0.05) is 16.7 Å². The predicted molar refractivity (Wildman–Crippen MR) is 83.9 cm³/mol. The zero-order valence-electron chi connectivity index (χ0n) is 11.4. The minimum atomic E-state index is -0.350. The Hall–Kier alpha value is -1.91. The molecule has 0 aliphatic rings. The summed E-state index contributed by atoms with van der Waals surface area (Å²) >= 11 is 12.0. The van der Waals surface area contributed by atoms with E-state index in [9.17, 15) is 4.79 Å². The summed E-state index contributed by atoms with van der Waals surface area (Å²) in [7, 11) is 2.96. The van der Waals surface area contributed by atoms with E-state index in [1.165, 1.54) is 26.4 Å². The van der Waals surface area contributed by atoms with Crippen LogP contribution in [0.2, 0.25) is 10.0 Å². The van der Waals surface area contributed by atoms with Crippen molar-refractivity contribution >= 4 is 34.7 Å². The number of nitrogen functional groups attached to an aromatic ring is 1. The van der Waals surface area contributed by atoms with Crippen molar-refractivity contribution in [3.8, 4) is 11.5 Å². The molecule has 4 nitrogen and oxygen atoms in total. The number of benzene rings is 2. The van der Waals surface area contributed by atoms with Crippen LogP contribution in [0.4, 0.5) is 5.69 Å². The van der Waals surface area contributed by atoms with Gasteiger partial charge in [-0.2, -0.15) is 0 Å². The Morgan fingerprint density at radius 3 is 2.38 bits per heavy atom. The molecule has 0 bridgehead atoms. The minimum Gasteiger partial charge on any atom is -0.497 e. The largest absolute Gasteiger partial charge is 0.497 e. The molecule has 0 amide bonds. The molecule has 0 atom stereocenters. The van der Waals surface area contributed by atoms with Crippen molar-refractivity contribution < 1.29 is 14.3 Å². The van der Waals surface area contributed by atoms with Crippen molar-refractivity contribution in [1.29, 1.82) is 0 Å². The second-order valence-electron chi connectivity index (χ2n) is 4.24. The van der Waals surface area contributed by atoms with Crippen molar-refractivity contribution in [3.63, 3.8) is 0 Å². The monoisotopic (exact) mass is 325 g/mol. The number of rotatable bonds is 4. The summed E-state index contributed by atoms with van der Waals surface area (Å²) in [6.45, 7) is 0. The van der Waals surface area contributed by atoms with Crippen LogP contribution >= 0.6 is 23.2 Å². The lowest BCUT2D eigenvalue weighted by Gasteiger charge is -2.12. The average Bonchev–Trinajstić information content (AvgIpc) is 2.49. The smallest absolute Gasteiger partial charge is 0.196 e. The van der Waals surface area contributed by atoms with Gasteiger partial charge in [0.1, 0.15) is 11.5 Å². The van der Waals surface area contributed by atoms with Gasteiger partial charge in [-0.1, -0.05) is 23.2 Å². The Balaban J connectivity index is 2.60. The first-order chi connectivity index (χ1) is 9.97. The predicted octanol–water partition coefficient (Wildman–Crippen LogP) is 3.82. The number of ether oxygens (including phenoxy) is 2. The summed E-state index contributed by atoms with van der Waals surface area (Å²) in [6, 6.07) is 7.81. The Kier molecular flexibility index (Phi) is 4.60. The zero-order valence-corrected chi connectivity index (χ0v) is 13.0. The van der Waals surface area contributed by atoms with E-state index < -0.39 is 0 Å². The summed E-state index contributed by atoms with van der Waals surface area (Å²) < 4.78 is 10.3. The van der Waals surface area contributed by atoms with Crippen LogP contribution in [-0.2, 0) is 0 Å². The van der Waals surface area contributed by atoms with Gasteiger partial charge in [0.2, 0.25) is 0 Å². The number of methoxy groups -OCH3 is 2. The number of halogens is 2. The highest BCUT2D eigenvalue weighted by Crippen LogP contribution is 2.34. The lowest BCUT2D eigenvalue weighted by molar-refractivity contribution is 0.103. The molecule has 110 valence electrons. The van der Waals surface area contributed by atoms with Gasteiger partial charge in [-0.15, -0.1) is 0 Å². The van der Waals surface area contributed by atoms with Crippen molar-refractivity contribution in [3.05, 3.63) is 51.5 Å². The zero-order chi connectivity index (χ0) is 15.6. The van der Waals surface area contributed by atoms with E-state index in [0.717, 1.165) is 0 Å². The molecule has 6 heteroatoms. The number of hydrogen-bond acceptors (Lipinski definition) is 4.